The molecular formula is C26H31N3O5S. The fourth-order valence-corrected chi connectivity index (χ4v) is 6.07. The summed E-state index contributed by atoms with van der Waals surface area (Å²) < 4.78 is 9.74. The first kappa shape index (κ1) is 25.2. The minimum absolute atomic E-state index is 0.136. The summed E-state index contributed by atoms with van der Waals surface area (Å²) in [6.45, 7) is 3.12. The van der Waals surface area contributed by atoms with Crippen molar-refractivity contribution in [1.29, 1.82) is 0 Å². The van der Waals surface area contributed by atoms with Crippen molar-refractivity contribution in [3.8, 4) is 0 Å². The Labute approximate surface area is 210 Å². The van der Waals surface area contributed by atoms with Crippen molar-refractivity contribution in [3.05, 3.63) is 71.8 Å². The number of ether oxygens (including phenoxy) is 2. The van der Waals surface area contributed by atoms with Gasteiger partial charge in [0, 0.05) is 31.9 Å². The molecule has 0 spiro atoms. The molecule has 0 aliphatic carbocycles. The number of methoxy groups -OCH3 is 2. The maximum atomic E-state index is 13.3. The average molecular weight is 498 g/mol. The van der Waals surface area contributed by atoms with Crippen LogP contribution in [0.15, 0.2) is 60.7 Å². The van der Waals surface area contributed by atoms with E-state index in [-0.39, 0.29) is 18.5 Å². The molecule has 2 aromatic carbocycles. The number of nitrogens with zero attached hydrogens (tertiary/aromatic N) is 3. The molecule has 186 valence electrons. The third-order valence-electron chi connectivity index (χ3n) is 6.53. The first-order valence-corrected chi connectivity index (χ1v) is 12.7. The van der Waals surface area contributed by atoms with Gasteiger partial charge in [-0.05, 0) is 11.1 Å². The second-order valence-corrected chi connectivity index (χ2v) is 9.70. The summed E-state index contributed by atoms with van der Waals surface area (Å²) in [5.74, 6) is -1.01. The Hall–Kier alpha value is -2.88. The molecule has 2 aliphatic rings. The molecule has 9 heteroatoms. The van der Waals surface area contributed by atoms with Gasteiger partial charge in [0.15, 0.2) is 5.37 Å². The van der Waals surface area contributed by atoms with E-state index in [1.807, 2.05) is 12.1 Å². The van der Waals surface area contributed by atoms with Crippen molar-refractivity contribution in [1.82, 2.24) is 14.7 Å². The molecule has 2 atom stereocenters. The molecular weight excluding hydrogens is 466 g/mol. The van der Waals surface area contributed by atoms with Gasteiger partial charge in [-0.2, -0.15) is 0 Å². The summed E-state index contributed by atoms with van der Waals surface area (Å²) in [5, 5.41) is -0.835. The van der Waals surface area contributed by atoms with Crippen molar-refractivity contribution >= 4 is 29.6 Å². The third kappa shape index (κ3) is 5.69. The predicted octanol–water partition coefficient (Wildman–Crippen LogP) is 2.01. The highest BCUT2D eigenvalue weighted by Crippen LogP contribution is 2.32. The van der Waals surface area contributed by atoms with Gasteiger partial charge in [-0.1, -0.05) is 60.7 Å². The number of hydrogen-bond acceptors (Lipinski definition) is 8. The molecule has 0 unspecified atom stereocenters. The summed E-state index contributed by atoms with van der Waals surface area (Å²) in [4.78, 5) is 43.7. The van der Waals surface area contributed by atoms with E-state index in [2.05, 4.69) is 58.3 Å². The lowest BCUT2D eigenvalue weighted by molar-refractivity contribution is -0.157. The number of esters is 2. The number of thioether (sulfide) groups is 1. The molecule has 2 heterocycles. The normalized spacial score (nSPS) is 21.2. The number of rotatable bonds is 7. The zero-order valence-corrected chi connectivity index (χ0v) is 20.9. The van der Waals surface area contributed by atoms with Crippen LogP contribution in [0.25, 0.3) is 0 Å². The molecule has 1 amide bonds. The molecule has 2 aromatic rings. The Kier molecular flexibility index (Phi) is 8.43. The van der Waals surface area contributed by atoms with Crippen LogP contribution in [0.2, 0.25) is 0 Å². The predicted molar refractivity (Wildman–Crippen MR) is 134 cm³/mol. The van der Waals surface area contributed by atoms with E-state index in [1.54, 1.807) is 0 Å². The summed E-state index contributed by atoms with van der Waals surface area (Å²) in [7, 11) is 2.57. The van der Waals surface area contributed by atoms with Crippen LogP contribution in [0.5, 0.6) is 0 Å². The number of piperazine rings is 1. The zero-order chi connectivity index (χ0) is 24.8. The number of amides is 1. The molecule has 8 nitrogen and oxygen atoms in total. The maximum Gasteiger partial charge on any atom is 0.339 e. The van der Waals surface area contributed by atoms with Gasteiger partial charge >= 0.3 is 11.9 Å². The highest BCUT2D eigenvalue weighted by Gasteiger charge is 2.46. The molecule has 2 fully saturated rings. The Morgan fingerprint density at radius 3 is 1.91 bits per heavy atom. The summed E-state index contributed by atoms with van der Waals surface area (Å²) in [6.07, 6.45) is 0. The first-order chi connectivity index (χ1) is 17.0. The molecule has 0 aromatic heterocycles. The van der Waals surface area contributed by atoms with Gasteiger partial charge in [0.25, 0.3) is 0 Å². The molecule has 0 radical (unpaired) electrons. The largest absolute Gasteiger partial charge is 0.467 e. The average Bonchev–Trinajstić information content (AvgIpc) is 3.36. The minimum Gasteiger partial charge on any atom is -0.467 e. The number of benzene rings is 2. The van der Waals surface area contributed by atoms with Gasteiger partial charge in [0.2, 0.25) is 5.91 Å². The number of carbonyl (C=O) groups excluding carboxylic acids is 3. The van der Waals surface area contributed by atoms with Gasteiger partial charge in [-0.25, -0.2) is 9.59 Å². The van der Waals surface area contributed by atoms with E-state index in [0.717, 1.165) is 13.1 Å². The Morgan fingerprint density at radius 2 is 1.40 bits per heavy atom. The molecule has 35 heavy (non-hydrogen) atoms. The lowest BCUT2D eigenvalue weighted by Gasteiger charge is -2.40. The van der Waals surface area contributed by atoms with Crippen molar-refractivity contribution in [2.75, 3.05) is 52.7 Å². The topological polar surface area (TPSA) is 79.4 Å². The van der Waals surface area contributed by atoms with Gasteiger partial charge in [-0.3, -0.25) is 14.6 Å². The molecule has 0 bridgehead atoms. The standard InChI is InChI=1S/C26H31N3O5S/c1-33-25(31)21-18-35-24(26(32)34-2)29(21)22(30)17-27-13-15-28(16-14-27)23(19-9-5-3-6-10-19)20-11-7-4-8-12-20/h3-12,21,23-24H,13-18H2,1-2H3/t21-,24-/m0/s1. The smallest absolute Gasteiger partial charge is 0.339 e. The molecule has 2 aliphatic heterocycles. The molecule has 4 rings (SSSR count). The number of carbonyl (C=O) groups is 3. The number of hydrogen-bond donors (Lipinski definition) is 0. The molecule has 0 saturated carbocycles. The van der Waals surface area contributed by atoms with Crippen molar-refractivity contribution in [2.24, 2.45) is 0 Å². The van der Waals surface area contributed by atoms with Crippen molar-refractivity contribution in [2.45, 2.75) is 17.5 Å². The zero-order valence-electron chi connectivity index (χ0n) is 20.0. The highest BCUT2D eigenvalue weighted by atomic mass is 32.2. The van der Waals surface area contributed by atoms with E-state index in [0.29, 0.717) is 18.8 Å². The van der Waals surface area contributed by atoms with Crippen LogP contribution < -0.4 is 0 Å². The van der Waals surface area contributed by atoms with Gasteiger partial charge < -0.3 is 14.4 Å². The van der Waals surface area contributed by atoms with Crippen LogP contribution >= 0.6 is 11.8 Å². The maximum absolute atomic E-state index is 13.3. The Balaban J connectivity index is 1.43. The minimum atomic E-state index is -0.835. The summed E-state index contributed by atoms with van der Waals surface area (Å²) in [5.41, 5.74) is 2.47. The van der Waals surface area contributed by atoms with Crippen LogP contribution in [0, 0.1) is 0 Å². The second-order valence-electron chi connectivity index (χ2n) is 8.58. The molecule has 0 N–H and O–H groups in total. The van der Waals surface area contributed by atoms with Gasteiger partial charge in [-0.15, -0.1) is 11.8 Å². The van der Waals surface area contributed by atoms with E-state index in [4.69, 9.17) is 9.47 Å². The monoisotopic (exact) mass is 497 g/mol. The van der Waals surface area contributed by atoms with Gasteiger partial charge in [0.1, 0.15) is 6.04 Å². The van der Waals surface area contributed by atoms with Crippen LogP contribution in [-0.4, -0.2) is 96.7 Å². The van der Waals surface area contributed by atoms with E-state index >= 15 is 0 Å². The third-order valence-corrected chi connectivity index (χ3v) is 7.77. The van der Waals surface area contributed by atoms with Crippen molar-refractivity contribution in [3.63, 3.8) is 0 Å². The highest BCUT2D eigenvalue weighted by molar-refractivity contribution is 8.00. The summed E-state index contributed by atoms with van der Waals surface area (Å²) in [6, 6.07) is 20.2. The van der Waals surface area contributed by atoms with E-state index < -0.39 is 23.4 Å². The van der Waals surface area contributed by atoms with Crippen LogP contribution in [0.3, 0.4) is 0 Å². The van der Waals surface area contributed by atoms with Crippen LogP contribution in [-0.2, 0) is 23.9 Å². The van der Waals surface area contributed by atoms with Crippen LogP contribution in [0.1, 0.15) is 17.2 Å². The lowest BCUT2D eigenvalue weighted by atomic mass is 9.96. The summed E-state index contributed by atoms with van der Waals surface area (Å²) >= 11 is 1.23. The quantitative estimate of drug-likeness (QED) is 0.538. The van der Waals surface area contributed by atoms with Gasteiger partial charge in [0.05, 0.1) is 26.8 Å². The second kappa shape index (κ2) is 11.7. The molecule has 2 saturated heterocycles. The van der Waals surface area contributed by atoms with Crippen molar-refractivity contribution < 1.29 is 23.9 Å². The van der Waals surface area contributed by atoms with E-state index in [9.17, 15) is 14.4 Å². The fraction of sp³-hybridized carbons (Fsp3) is 0.423. The Morgan fingerprint density at radius 1 is 0.857 bits per heavy atom. The SMILES string of the molecule is COC(=O)[C@@H]1CS[C@@H](C(=O)OC)N1C(=O)CN1CCN(C(c2ccccc2)c2ccccc2)CC1. The fourth-order valence-electron chi connectivity index (χ4n) is 4.75. The first-order valence-electron chi connectivity index (χ1n) is 11.7. The Bertz CT molecular complexity index is 951. The van der Waals surface area contributed by atoms with Crippen LogP contribution in [0.4, 0.5) is 0 Å². The van der Waals surface area contributed by atoms with E-state index in [1.165, 1.54) is 42.0 Å². The lowest BCUT2D eigenvalue weighted by Crippen LogP contribution is -2.55.